The van der Waals surface area contributed by atoms with Crippen molar-refractivity contribution >= 4 is 16.9 Å². The predicted molar refractivity (Wildman–Crippen MR) is 81.2 cm³/mol. The molecule has 0 radical (unpaired) electrons. The Kier molecular flexibility index (Phi) is 3.33. The van der Waals surface area contributed by atoms with Crippen molar-refractivity contribution in [2.24, 2.45) is 0 Å². The van der Waals surface area contributed by atoms with Crippen LogP contribution in [0.15, 0.2) is 24.3 Å². The minimum atomic E-state index is 0.151. The molecule has 2 saturated heterocycles. The molecule has 6 heteroatoms. The highest BCUT2D eigenvalue weighted by atomic mass is 16.5. The van der Waals surface area contributed by atoms with Crippen LogP contribution in [0.2, 0.25) is 0 Å². The van der Waals surface area contributed by atoms with Gasteiger partial charge in [-0.1, -0.05) is 17.3 Å². The van der Waals surface area contributed by atoms with Crippen molar-refractivity contribution in [3.8, 4) is 0 Å². The van der Waals surface area contributed by atoms with E-state index < -0.39 is 0 Å². The Bertz CT molecular complexity index is 684. The van der Waals surface area contributed by atoms with Crippen LogP contribution >= 0.6 is 0 Å². The molecule has 22 heavy (non-hydrogen) atoms. The third kappa shape index (κ3) is 2.18. The molecule has 116 valence electrons. The number of fused-ring (bicyclic) bond motifs is 3. The zero-order chi connectivity index (χ0) is 15.1. The maximum Gasteiger partial charge on any atom is 0.244 e. The lowest BCUT2D eigenvalue weighted by Crippen LogP contribution is -2.49. The van der Waals surface area contributed by atoms with Crippen molar-refractivity contribution in [1.29, 1.82) is 0 Å². The normalized spacial score (nSPS) is 27.5. The van der Waals surface area contributed by atoms with E-state index in [0.29, 0.717) is 18.2 Å². The first-order valence-electron chi connectivity index (χ1n) is 7.88. The number of para-hydroxylation sites is 1. The molecular formula is C16H20N4O2. The number of carbonyl (C=O) groups excluding carboxylic acids is 1. The van der Waals surface area contributed by atoms with Gasteiger partial charge >= 0.3 is 0 Å². The summed E-state index contributed by atoms with van der Waals surface area (Å²) < 4.78 is 7.21. The molecule has 0 spiro atoms. The average molecular weight is 300 g/mol. The summed E-state index contributed by atoms with van der Waals surface area (Å²) >= 11 is 0. The summed E-state index contributed by atoms with van der Waals surface area (Å²) in [5.74, 6) is 0.151. The van der Waals surface area contributed by atoms with Gasteiger partial charge in [0.2, 0.25) is 5.91 Å². The Hall–Kier alpha value is -1.95. The standard InChI is InChI=1S/C16H20N4O2/c1-22-13-8-11-6-7-12(9-13)20(11)16(21)10-19-15-5-3-2-4-14(15)17-18-19/h2-5,11-13H,6-10H2,1H3. The van der Waals surface area contributed by atoms with Crippen LogP contribution < -0.4 is 0 Å². The Morgan fingerprint density at radius 1 is 1.27 bits per heavy atom. The van der Waals surface area contributed by atoms with E-state index in [9.17, 15) is 4.79 Å². The number of rotatable bonds is 3. The van der Waals surface area contributed by atoms with E-state index in [1.807, 2.05) is 24.3 Å². The third-order valence-electron chi connectivity index (χ3n) is 5.02. The second-order valence-electron chi connectivity index (χ2n) is 6.25. The van der Waals surface area contributed by atoms with Crippen molar-refractivity contribution in [3.05, 3.63) is 24.3 Å². The molecule has 2 unspecified atom stereocenters. The summed E-state index contributed by atoms with van der Waals surface area (Å²) in [6.07, 6.45) is 4.39. The van der Waals surface area contributed by atoms with E-state index in [1.165, 1.54) is 0 Å². The van der Waals surface area contributed by atoms with Gasteiger partial charge in [-0.05, 0) is 37.8 Å². The van der Waals surface area contributed by atoms with Gasteiger partial charge in [-0.3, -0.25) is 4.79 Å². The first-order chi connectivity index (χ1) is 10.8. The number of nitrogens with zero attached hydrogens (tertiary/aromatic N) is 4. The van der Waals surface area contributed by atoms with Crippen molar-refractivity contribution in [2.75, 3.05) is 7.11 Å². The lowest BCUT2D eigenvalue weighted by Gasteiger charge is -2.38. The number of amides is 1. The molecule has 2 aromatic rings. The molecule has 2 aliphatic heterocycles. The van der Waals surface area contributed by atoms with Crippen LogP contribution in [0.5, 0.6) is 0 Å². The van der Waals surface area contributed by atoms with Crippen molar-refractivity contribution in [3.63, 3.8) is 0 Å². The minimum Gasteiger partial charge on any atom is -0.381 e. The van der Waals surface area contributed by atoms with Gasteiger partial charge in [-0.2, -0.15) is 0 Å². The fraction of sp³-hybridized carbons (Fsp3) is 0.562. The average Bonchev–Trinajstić information content (AvgIpc) is 3.06. The summed E-state index contributed by atoms with van der Waals surface area (Å²) in [6.45, 7) is 0.269. The van der Waals surface area contributed by atoms with Crippen molar-refractivity contribution in [2.45, 2.75) is 50.4 Å². The Labute approximate surface area is 129 Å². The molecule has 0 saturated carbocycles. The van der Waals surface area contributed by atoms with Crippen LogP contribution in [-0.4, -0.2) is 51.1 Å². The highest BCUT2D eigenvalue weighted by molar-refractivity contribution is 5.80. The lowest BCUT2D eigenvalue weighted by atomic mass is 9.99. The summed E-state index contributed by atoms with van der Waals surface area (Å²) in [7, 11) is 1.77. The molecule has 3 heterocycles. The number of aromatic nitrogens is 3. The SMILES string of the molecule is COC1CC2CCC(C1)N2C(=O)Cn1nnc2ccccc21. The summed E-state index contributed by atoms with van der Waals surface area (Å²) in [6, 6.07) is 8.39. The molecule has 1 amide bonds. The summed E-state index contributed by atoms with van der Waals surface area (Å²) in [4.78, 5) is 14.8. The van der Waals surface area contributed by atoms with E-state index in [2.05, 4.69) is 15.2 Å². The number of hydrogen-bond donors (Lipinski definition) is 0. The van der Waals surface area contributed by atoms with Crippen LogP contribution in [-0.2, 0) is 16.1 Å². The largest absolute Gasteiger partial charge is 0.381 e. The van der Waals surface area contributed by atoms with Gasteiger partial charge in [0.25, 0.3) is 0 Å². The van der Waals surface area contributed by atoms with E-state index in [0.717, 1.165) is 36.7 Å². The Morgan fingerprint density at radius 3 is 2.73 bits per heavy atom. The zero-order valence-corrected chi connectivity index (χ0v) is 12.7. The minimum absolute atomic E-state index is 0.151. The highest BCUT2D eigenvalue weighted by Gasteiger charge is 2.43. The van der Waals surface area contributed by atoms with Gasteiger partial charge in [0.15, 0.2) is 0 Å². The van der Waals surface area contributed by atoms with Crippen LogP contribution in [0.3, 0.4) is 0 Å². The molecule has 2 aliphatic rings. The number of hydrogen-bond acceptors (Lipinski definition) is 4. The van der Waals surface area contributed by atoms with E-state index in [-0.39, 0.29) is 12.5 Å². The maximum atomic E-state index is 12.8. The second-order valence-corrected chi connectivity index (χ2v) is 6.25. The van der Waals surface area contributed by atoms with Gasteiger partial charge in [-0.15, -0.1) is 5.10 Å². The van der Waals surface area contributed by atoms with Crippen molar-refractivity contribution < 1.29 is 9.53 Å². The van der Waals surface area contributed by atoms with Gasteiger partial charge in [0.05, 0.1) is 11.6 Å². The topological polar surface area (TPSA) is 60.2 Å². The van der Waals surface area contributed by atoms with Gasteiger partial charge < -0.3 is 9.64 Å². The van der Waals surface area contributed by atoms with E-state index in [4.69, 9.17) is 4.74 Å². The predicted octanol–water partition coefficient (Wildman–Crippen LogP) is 1.60. The summed E-state index contributed by atoms with van der Waals surface area (Å²) in [5, 5.41) is 8.24. The summed E-state index contributed by atoms with van der Waals surface area (Å²) in [5.41, 5.74) is 1.74. The highest BCUT2D eigenvalue weighted by Crippen LogP contribution is 2.36. The molecule has 2 bridgehead atoms. The fourth-order valence-corrected chi connectivity index (χ4v) is 3.97. The first-order valence-corrected chi connectivity index (χ1v) is 7.88. The second kappa shape index (κ2) is 5.35. The number of ether oxygens (including phenoxy) is 1. The number of carbonyl (C=O) groups is 1. The molecular weight excluding hydrogens is 280 g/mol. The van der Waals surface area contributed by atoms with Crippen LogP contribution in [0.4, 0.5) is 0 Å². The molecule has 0 N–H and O–H groups in total. The number of benzene rings is 1. The smallest absolute Gasteiger partial charge is 0.244 e. The maximum absolute atomic E-state index is 12.8. The Morgan fingerprint density at radius 2 is 2.00 bits per heavy atom. The zero-order valence-electron chi connectivity index (χ0n) is 12.7. The number of methoxy groups -OCH3 is 1. The van der Waals surface area contributed by atoms with E-state index in [1.54, 1.807) is 11.8 Å². The molecule has 2 fully saturated rings. The van der Waals surface area contributed by atoms with Crippen LogP contribution in [0.1, 0.15) is 25.7 Å². The quantitative estimate of drug-likeness (QED) is 0.864. The van der Waals surface area contributed by atoms with E-state index >= 15 is 0 Å². The third-order valence-corrected chi connectivity index (χ3v) is 5.02. The molecule has 1 aromatic heterocycles. The number of piperidine rings is 1. The molecule has 1 aromatic carbocycles. The molecule has 0 aliphatic carbocycles. The lowest BCUT2D eigenvalue weighted by molar-refractivity contribution is -0.138. The molecule has 2 atom stereocenters. The fourth-order valence-electron chi connectivity index (χ4n) is 3.97. The van der Waals surface area contributed by atoms with Crippen LogP contribution in [0, 0.1) is 0 Å². The van der Waals surface area contributed by atoms with Crippen LogP contribution in [0.25, 0.3) is 11.0 Å². The van der Waals surface area contributed by atoms with Gasteiger partial charge in [0.1, 0.15) is 12.1 Å². The molecule has 6 nitrogen and oxygen atoms in total. The first kappa shape index (κ1) is 13.7. The monoisotopic (exact) mass is 300 g/mol. The van der Waals surface area contributed by atoms with Gasteiger partial charge in [0, 0.05) is 19.2 Å². The van der Waals surface area contributed by atoms with Crippen molar-refractivity contribution in [1.82, 2.24) is 19.9 Å². The molecule has 4 rings (SSSR count). The Balaban J connectivity index is 1.53. The van der Waals surface area contributed by atoms with Gasteiger partial charge in [-0.25, -0.2) is 4.68 Å².